The molecule has 0 saturated heterocycles. The van der Waals surface area contributed by atoms with E-state index in [0.717, 1.165) is 5.56 Å². The van der Waals surface area contributed by atoms with Gasteiger partial charge in [0.1, 0.15) is 5.75 Å². The second-order valence-corrected chi connectivity index (χ2v) is 14.1. The van der Waals surface area contributed by atoms with Crippen LogP contribution >= 0.6 is 0 Å². The number of carbonyl (C=O) groups excluding carboxylic acids is 2. The number of benzene rings is 5. The minimum Gasteiger partial charge on any atom is -0.454 e. The molecule has 6 aromatic rings. The number of anilines is 3. The number of non-ortho nitro benzene ring substituents is 1. The van der Waals surface area contributed by atoms with Crippen LogP contribution < -0.4 is 14.5 Å². The molecule has 8 rings (SSSR count). The zero-order valence-electron chi connectivity index (χ0n) is 30.9. The lowest BCUT2D eigenvalue weighted by Crippen LogP contribution is -2.44. The molecule has 13 nitrogen and oxygen atoms in total. The third-order valence-corrected chi connectivity index (χ3v) is 10.5. The van der Waals surface area contributed by atoms with E-state index in [-0.39, 0.29) is 36.2 Å². The highest BCUT2D eigenvalue weighted by Gasteiger charge is 2.53. The topological polar surface area (TPSA) is 164 Å². The molecule has 3 atom stereocenters. The van der Waals surface area contributed by atoms with Gasteiger partial charge in [-0.3, -0.25) is 29.3 Å². The number of nitro groups is 1. The molecule has 0 aliphatic carbocycles. The molecule has 2 aliphatic heterocycles. The molecule has 1 unspecified atom stereocenters. The van der Waals surface area contributed by atoms with Gasteiger partial charge in [-0.1, -0.05) is 91.0 Å². The summed E-state index contributed by atoms with van der Waals surface area (Å²) in [6.45, 7) is 2.04. The number of aliphatic hydroxyl groups excluding tert-OH is 1. The molecule has 3 heterocycles. The number of hydrogen-bond donors (Lipinski definition) is 2. The van der Waals surface area contributed by atoms with Gasteiger partial charge in [0.05, 0.1) is 46.6 Å². The number of carbonyl (C=O) groups is 2. The lowest BCUT2D eigenvalue weighted by Gasteiger charge is -2.28. The number of hydrogen-bond acceptors (Lipinski definition) is 9. The van der Waals surface area contributed by atoms with E-state index in [1.165, 1.54) is 23.1 Å². The number of amides is 2. The number of fused-ring (bicyclic) bond motifs is 3. The Morgan fingerprint density at radius 2 is 1.65 bits per heavy atom. The smallest absolute Gasteiger partial charge is 0.269 e. The highest BCUT2D eigenvalue weighted by molar-refractivity contribution is 6.14. The quantitative estimate of drug-likeness (QED) is 0.0734. The Hall–Kier alpha value is -6.96. The van der Waals surface area contributed by atoms with Gasteiger partial charge >= 0.3 is 0 Å². The molecule has 0 bridgehead atoms. The van der Waals surface area contributed by atoms with Crippen molar-refractivity contribution in [2.45, 2.75) is 38.0 Å². The van der Waals surface area contributed by atoms with Crippen molar-refractivity contribution in [2.75, 3.05) is 16.4 Å². The maximum absolute atomic E-state index is 14.4. The molecule has 0 spiro atoms. The average molecular weight is 763 g/mol. The van der Waals surface area contributed by atoms with Crippen LogP contribution in [0, 0.1) is 16.0 Å². The molecular weight excluding hydrogens is 725 g/mol. The first-order chi connectivity index (χ1) is 27.7. The Morgan fingerprint density at radius 3 is 2.44 bits per heavy atom. The zero-order valence-corrected chi connectivity index (χ0v) is 30.9. The minimum absolute atomic E-state index is 0.0133. The minimum atomic E-state index is -2.11. The van der Waals surface area contributed by atoms with Crippen LogP contribution in [-0.4, -0.2) is 48.6 Å². The first kappa shape index (κ1) is 37.0. The molecule has 0 radical (unpaired) electrons. The fourth-order valence-corrected chi connectivity index (χ4v) is 7.53. The van der Waals surface area contributed by atoms with Crippen LogP contribution in [0.25, 0.3) is 0 Å². The Morgan fingerprint density at radius 1 is 0.895 bits per heavy atom. The predicted molar refractivity (Wildman–Crippen MR) is 212 cm³/mol. The highest BCUT2D eigenvalue weighted by Crippen LogP contribution is 2.48. The van der Waals surface area contributed by atoms with Crippen LogP contribution in [-0.2, 0) is 23.5 Å². The number of rotatable bonds is 12. The summed E-state index contributed by atoms with van der Waals surface area (Å²) in [5.74, 6) is -1.07. The summed E-state index contributed by atoms with van der Waals surface area (Å²) in [6.07, 6.45) is 5.83. The number of ether oxygens (including phenoxy) is 1. The van der Waals surface area contributed by atoms with E-state index in [9.17, 15) is 29.9 Å². The van der Waals surface area contributed by atoms with Gasteiger partial charge in [0.15, 0.2) is 11.4 Å². The molecular formula is C44H38N6O7. The van der Waals surface area contributed by atoms with Gasteiger partial charge in [-0.05, 0) is 60.0 Å². The lowest BCUT2D eigenvalue weighted by molar-refractivity contribution is -0.385. The van der Waals surface area contributed by atoms with Crippen molar-refractivity contribution in [1.82, 2.24) is 15.0 Å². The number of aliphatic hydroxyl groups is 2. The van der Waals surface area contributed by atoms with Crippen molar-refractivity contribution in [3.05, 3.63) is 178 Å². The second-order valence-electron chi connectivity index (χ2n) is 14.1. The number of aromatic nitrogens is 3. The number of aryl methyl sites for hydroxylation is 1. The summed E-state index contributed by atoms with van der Waals surface area (Å²) in [7, 11) is 0. The Bertz CT molecular complexity index is 2520. The van der Waals surface area contributed by atoms with E-state index in [2.05, 4.69) is 10.3 Å². The standard InChI is InChI=1S/C44H38N6O7/c1-29(12-9-10-23-47-27-37(45-46-47)35(28-51)31-14-3-2-4-15-31)44(54)36-25-33(50(55)56)21-22-38(36)48(43(44)53)26-30-13-11-16-32(24-30)49-39-18-6-8-20-41(39)57-40-19-7-5-17-34(40)42(49)52/h2-9,11-22,24-25,27,29,35,51,54H,10,23,26,28H2,1H3/b12-9+/t29-,35?,44+/m1/s1. The van der Waals surface area contributed by atoms with E-state index in [1.807, 2.05) is 54.6 Å². The number of nitrogens with zero attached hydrogens (tertiary/aromatic N) is 6. The van der Waals surface area contributed by atoms with Crippen molar-refractivity contribution < 1.29 is 29.5 Å². The molecule has 2 aliphatic rings. The third kappa shape index (κ3) is 6.83. The van der Waals surface area contributed by atoms with Gasteiger partial charge in [-0.25, -0.2) is 0 Å². The average Bonchev–Trinajstić information content (AvgIpc) is 3.74. The van der Waals surface area contributed by atoms with Crippen LogP contribution in [0.5, 0.6) is 11.5 Å². The SMILES string of the molecule is C[C@H](/C=C/CCn1cc(C(CO)c2ccccc2)nn1)[C@@]1(O)C(=O)N(Cc2cccc(N3C(=O)c4ccccc4Oc4ccccc43)c2)c2ccc([N+](=O)[O-])cc21. The van der Waals surface area contributed by atoms with E-state index in [0.29, 0.717) is 58.3 Å². The fraction of sp³-hybridized carbons (Fsp3) is 0.182. The predicted octanol–water partition coefficient (Wildman–Crippen LogP) is 7.41. The van der Waals surface area contributed by atoms with Gasteiger partial charge in [0.25, 0.3) is 17.5 Å². The molecule has 0 saturated carbocycles. The van der Waals surface area contributed by atoms with Crippen molar-refractivity contribution >= 4 is 34.6 Å². The number of nitro benzene ring substituents is 1. The first-order valence-corrected chi connectivity index (χ1v) is 18.5. The van der Waals surface area contributed by atoms with Gasteiger partial charge < -0.3 is 19.8 Å². The second kappa shape index (κ2) is 15.3. The fourth-order valence-electron chi connectivity index (χ4n) is 7.53. The molecule has 0 fully saturated rings. The van der Waals surface area contributed by atoms with Crippen molar-refractivity contribution in [2.24, 2.45) is 5.92 Å². The van der Waals surface area contributed by atoms with Crippen LogP contribution in [0.2, 0.25) is 0 Å². The lowest BCUT2D eigenvalue weighted by atomic mass is 9.82. The van der Waals surface area contributed by atoms with Crippen LogP contribution in [0.4, 0.5) is 22.7 Å². The molecule has 2 amide bonds. The maximum Gasteiger partial charge on any atom is 0.269 e. The van der Waals surface area contributed by atoms with Gasteiger partial charge in [-0.15, -0.1) is 5.10 Å². The van der Waals surface area contributed by atoms with Crippen LogP contribution in [0.3, 0.4) is 0 Å². The molecule has 57 heavy (non-hydrogen) atoms. The normalized spacial score (nSPS) is 17.1. The van der Waals surface area contributed by atoms with E-state index in [1.54, 1.807) is 83.4 Å². The van der Waals surface area contributed by atoms with E-state index in [4.69, 9.17) is 4.74 Å². The van der Waals surface area contributed by atoms with Gasteiger partial charge in [0.2, 0.25) is 0 Å². The highest BCUT2D eigenvalue weighted by atomic mass is 16.6. The van der Waals surface area contributed by atoms with E-state index >= 15 is 0 Å². The summed E-state index contributed by atoms with van der Waals surface area (Å²) < 4.78 is 7.83. The molecule has 13 heteroatoms. The zero-order chi connectivity index (χ0) is 39.7. The molecule has 5 aromatic carbocycles. The molecule has 286 valence electrons. The van der Waals surface area contributed by atoms with Gasteiger partial charge in [-0.2, -0.15) is 0 Å². The van der Waals surface area contributed by atoms with E-state index < -0.39 is 22.3 Å². The Labute approximate surface area is 327 Å². The summed E-state index contributed by atoms with van der Waals surface area (Å²) >= 11 is 0. The van der Waals surface area contributed by atoms with Crippen molar-refractivity contribution in [1.29, 1.82) is 0 Å². The Kier molecular flexibility index (Phi) is 9.92. The summed E-state index contributed by atoms with van der Waals surface area (Å²) in [5, 5.41) is 42.7. The Balaban J connectivity index is 1.04. The molecule has 1 aromatic heterocycles. The van der Waals surface area contributed by atoms with Crippen molar-refractivity contribution in [3.8, 4) is 11.5 Å². The third-order valence-electron chi connectivity index (χ3n) is 10.5. The summed E-state index contributed by atoms with van der Waals surface area (Å²) in [6, 6.07) is 35.1. The van der Waals surface area contributed by atoms with Crippen LogP contribution in [0.1, 0.15) is 52.0 Å². The number of para-hydroxylation sites is 3. The summed E-state index contributed by atoms with van der Waals surface area (Å²) in [4.78, 5) is 42.8. The molecule has 2 N–H and O–H groups in total. The van der Waals surface area contributed by atoms with Crippen LogP contribution in [0.15, 0.2) is 140 Å². The van der Waals surface area contributed by atoms with Gasteiger partial charge in [0, 0.05) is 42.0 Å². The largest absolute Gasteiger partial charge is 0.454 e. The first-order valence-electron chi connectivity index (χ1n) is 18.5. The van der Waals surface area contributed by atoms with Crippen molar-refractivity contribution in [3.63, 3.8) is 0 Å². The number of allylic oxidation sites excluding steroid dienone is 1. The monoisotopic (exact) mass is 762 g/mol. The maximum atomic E-state index is 14.4. The summed E-state index contributed by atoms with van der Waals surface area (Å²) in [5.41, 5.74) is 1.83.